The van der Waals surface area contributed by atoms with Crippen LogP contribution in [0.15, 0.2) is 12.1 Å². The Bertz CT molecular complexity index is 663. The molecule has 0 unspecified atom stereocenters. The van der Waals surface area contributed by atoms with Crippen molar-refractivity contribution >= 4 is 39.0 Å². The van der Waals surface area contributed by atoms with Crippen LogP contribution in [0.4, 0.5) is 0 Å². The Hall–Kier alpha value is -1.46. The fourth-order valence-electron chi connectivity index (χ4n) is 1.85. The molecule has 1 N–H and O–H groups in total. The number of thiophene rings is 1. The molecule has 4 nitrogen and oxygen atoms in total. The third-order valence-corrected chi connectivity index (χ3v) is 4.41. The molecule has 0 aliphatic carbocycles. The Balaban J connectivity index is 2.51. The van der Waals surface area contributed by atoms with E-state index in [0.29, 0.717) is 36.0 Å². The summed E-state index contributed by atoms with van der Waals surface area (Å²) in [7, 11) is 0. The SMILES string of the molecule is CCOc1cc2c(Cl)c(C(=O)O)sc2cc1OCC(C)C. The van der Waals surface area contributed by atoms with Gasteiger partial charge >= 0.3 is 5.97 Å². The lowest BCUT2D eigenvalue weighted by molar-refractivity contribution is 0.0702. The van der Waals surface area contributed by atoms with Gasteiger partial charge in [0, 0.05) is 16.2 Å². The van der Waals surface area contributed by atoms with Gasteiger partial charge in [-0.05, 0) is 18.9 Å². The first kappa shape index (κ1) is 15.9. The summed E-state index contributed by atoms with van der Waals surface area (Å²) in [6, 6.07) is 3.55. The van der Waals surface area contributed by atoms with Gasteiger partial charge in [0.1, 0.15) is 4.88 Å². The van der Waals surface area contributed by atoms with E-state index >= 15 is 0 Å². The molecule has 1 aromatic carbocycles. The van der Waals surface area contributed by atoms with Crippen LogP contribution in [-0.2, 0) is 0 Å². The Labute approximate surface area is 132 Å². The number of halogens is 1. The van der Waals surface area contributed by atoms with Gasteiger partial charge in [-0.1, -0.05) is 25.4 Å². The molecule has 0 atom stereocenters. The van der Waals surface area contributed by atoms with Crippen LogP contribution in [0.5, 0.6) is 11.5 Å². The zero-order chi connectivity index (χ0) is 15.6. The van der Waals surface area contributed by atoms with Gasteiger partial charge in [0.15, 0.2) is 11.5 Å². The zero-order valence-electron chi connectivity index (χ0n) is 12.1. The second-order valence-electron chi connectivity index (χ2n) is 4.98. The summed E-state index contributed by atoms with van der Waals surface area (Å²) in [5, 5.41) is 10.1. The molecule has 2 rings (SSSR count). The third kappa shape index (κ3) is 3.41. The Morgan fingerprint density at radius 1 is 1.33 bits per heavy atom. The average molecular weight is 329 g/mol. The molecule has 0 spiro atoms. The van der Waals surface area contributed by atoms with Crippen LogP contribution in [0.3, 0.4) is 0 Å². The van der Waals surface area contributed by atoms with E-state index in [2.05, 4.69) is 13.8 Å². The third-order valence-electron chi connectivity index (χ3n) is 2.76. The Morgan fingerprint density at radius 2 is 2.00 bits per heavy atom. The average Bonchev–Trinajstić information content (AvgIpc) is 2.73. The number of carboxylic acid groups (broad SMARTS) is 1. The number of hydrogen-bond donors (Lipinski definition) is 1. The van der Waals surface area contributed by atoms with Gasteiger partial charge in [0.25, 0.3) is 0 Å². The summed E-state index contributed by atoms with van der Waals surface area (Å²) in [5.41, 5.74) is 0. The first-order chi connectivity index (χ1) is 9.93. The van der Waals surface area contributed by atoms with Gasteiger partial charge in [0.05, 0.1) is 18.2 Å². The zero-order valence-corrected chi connectivity index (χ0v) is 13.7. The van der Waals surface area contributed by atoms with E-state index in [1.54, 1.807) is 12.1 Å². The second kappa shape index (κ2) is 6.54. The van der Waals surface area contributed by atoms with E-state index in [0.717, 1.165) is 16.0 Å². The molecule has 0 aliphatic rings. The van der Waals surface area contributed by atoms with Crippen molar-refractivity contribution in [1.82, 2.24) is 0 Å². The van der Waals surface area contributed by atoms with Crippen molar-refractivity contribution in [3.63, 3.8) is 0 Å². The molecule has 2 aromatic rings. The predicted molar refractivity (Wildman–Crippen MR) is 85.3 cm³/mol. The first-order valence-electron chi connectivity index (χ1n) is 6.69. The first-order valence-corrected chi connectivity index (χ1v) is 7.88. The topological polar surface area (TPSA) is 55.8 Å². The molecule has 0 saturated heterocycles. The minimum Gasteiger partial charge on any atom is -0.490 e. The molecule has 1 heterocycles. The highest BCUT2D eigenvalue weighted by atomic mass is 35.5. The summed E-state index contributed by atoms with van der Waals surface area (Å²) in [5.74, 6) is 0.565. The maximum Gasteiger partial charge on any atom is 0.347 e. The van der Waals surface area contributed by atoms with E-state index in [9.17, 15) is 4.79 Å². The maximum atomic E-state index is 11.2. The van der Waals surface area contributed by atoms with Crippen molar-refractivity contribution in [2.75, 3.05) is 13.2 Å². The van der Waals surface area contributed by atoms with Gasteiger partial charge in [-0.15, -0.1) is 11.3 Å². The molecule has 6 heteroatoms. The molecule has 114 valence electrons. The second-order valence-corrected chi connectivity index (χ2v) is 6.41. The van der Waals surface area contributed by atoms with Crippen molar-refractivity contribution in [2.45, 2.75) is 20.8 Å². The number of hydrogen-bond acceptors (Lipinski definition) is 4. The summed E-state index contributed by atoms with van der Waals surface area (Å²) in [6.45, 7) is 7.06. The van der Waals surface area contributed by atoms with E-state index < -0.39 is 5.97 Å². The minimum atomic E-state index is -1.02. The van der Waals surface area contributed by atoms with Gasteiger partial charge in [-0.3, -0.25) is 0 Å². The largest absolute Gasteiger partial charge is 0.490 e. The van der Waals surface area contributed by atoms with Crippen LogP contribution in [0.1, 0.15) is 30.4 Å². The summed E-state index contributed by atoms with van der Waals surface area (Å²) in [6.07, 6.45) is 0. The normalized spacial score (nSPS) is 11.1. The predicted octanol–water partition coefficient (Wildman–Crippen LogP) is 4.69. The van der Waals surface area contributed by atoms with Crippen LogP contribution in [-0.4, -0.2) is 24.3 Å². The highest BCUT2D eigenvalue weighted by Gasteiger charge is 2.19. The molecule has 1 aromatic heterocycles. The van der Waals surface area contributed by atoms with Crippen LogP contribution in [0.25, 0.3) is 10.1 Å². The quantitative estimate of drug-likeness (QED) is 0.836. The monoisotopic (exact) mass is 328 g/mol. The van der Waals surface area contributed by atoms with E-state index in [-0.39, 0.29) is 9.90 Å². The number of ether oxygens (including phenoxy) is 2. The summed E-state index contributed by atoms with van der Waals surface area (Å²) in [4.78, 5) is 11.3. The Kier molecular flexibility index (Phi) is 4.96. The number of carboxylic acids is 1. The minimum absolute atomic E-state index is 0.134. The van der Waals surface area contributed by atoms with Crippen molar-refractivity contribution < 1.29 is 19.4 Å². The molecule has 0 saturated carbocycles. The van der Waals surface area contributed by atoms with Crippen LogP contribution in [0, 0.1) is 5.92 Å². The van der Waals surface area contributed by atoms with Crippen LogP contribution < -0.4 is 9.47 Å². The smallest absolute Gasteiger partial charge is 0.347 e. The highest BCUT2D eigenvalue weighted by molar-refractivity contribution is 7.21. The number of aromatic carboxylic acids is 1. The lowest BCUT2D eigenvalue weighted by atomic mass is 10.2. The fourth-order valence-corrected chi connectivity index (χ4v) is 3.20. The van der Waals surface area contributed by atoms with Gasteiger partial charge in [-0.25, -0.2) is 4.79 Å². The van der Waals surface area contributed by atoms with Gasteiger partial charge in [-0.2, -0.15) is 0 Å². The maximum absolute atomic E-state index is 11.2. The number of carbonyl (C=O) groups is 1. The Morgan fingerprint density at radius 3 is 2.57 bits per heavy atom. The van der Waals surface area contributed by atoms with Gasteiger partial charge in [0.2, 0.25) is 0 Å². The van der Waals surface area contributed by atoms with Crippen LogP contribution >= 0.6 is 22.9 Å². The standard InChI is InChI=1S/C15H17ClO4S/c1-4-19-10-5-9-12(6-11(10)20-7-8(2)3)21-14(13(9)16)15(17)18/h5-6,8H,4,7H2,1-3H3,(H,17,18). The molecule has 0 bridgehead atoms. The molecular formula is C15H17ClO4S. The van der Waals surface area contributed by atoms with E-state index in [4.69, 9.17) is 26.2 Å². The molecular weight excluding hydrogens is 312 g/mol. The van der Waals surface area contributed by atoms with E-state index in [1.165, 1.54) is 0 Å². The molecule has 0 radical (unpaired) electrons. The number of fused-ring (bicyclic) bond motifs is 1. The lowest BCUT2D eigenvalue weighted by Crippen LogP contribution is -2.06. The molecule has 21 heavy (non-hydrogen) atoms. The van der Waals surface area contributed by atoms with Crippen molar-refractivity contribution in [2.24, 2.45) is 5.92 Å². The van der Waals surface area contributed by atoms with Gasteiger partial charge < -0.3 is 14.6 Å². The molecule has 0 amide bonds. The number of rotatable bonds is 6. The van der Waals surface area contributed by atoms with E-state index in [1.807, 2.05) is 6.92 Å². The van der Waals surface area contributed by atoms with Crippen molar-refractivity contribution in [1.29, 1.82) is 0 Å². The highest BCUT2D eigenvalue weighted by Crippen LogP contribution is 2.42. The molecule has 0 fully saturated rings. The van der Waals surface area contributed by atoms with Crippen LogP contribution in [0.2, 0.25) is 5.02 Å². The van der Waals surface area contributed by atoms with Crippen molar-refractivity contribution in [3.05, 3.63) is 22.0 Å². The lowest BCUT2D eigenvalue weighted by Gasteiger charge is -2.13. The molecule has 0 aliphatic heterocycles. The number of benzene rings is 1. The summed E-state index contributed by atoms with van der Waals surface area (Å²) >= 11 is 7.28. The van der Waals surface area contributed by atoms with Crippen molar-refractivity contribution in [3.8, 4) is 11.5 Å². The fraction of sp³-hybridized carbons (Fsp3) is 0.400. The summed E-state index contributed by atoms with van der Waals surface area (Å²) < 4.78 is 12.1.